The van der Waals surface area contributed by atoms with Crippen molar-refractivity contribution in [2.75, 3.05) is 23.9 Å². The van der Waals surface area contributed by atoms with E-state index in [1.807, 2.05) is 36.4 Å². The summed E-state index contributed by atoms with van der Waals surface area (Å²) >= 11 is 1.29. The number of methoxy groups -OCH3 is 1. The third-order valence-corrected chi connectivity index (χ3v) is 4.67. The van der Waals surface area contributed by atoms with E-state index in [2.05, 4.69) is 10.3 Å². The summed E-state index contributed by atoms with van der Waals surface area (Å²) in [6.07, 6.45) is 1.72. The molecule has 6 heteroatoms. The average molecular weight is 354 g/mol. The highest BCUT2D eigenvalue weighted by Gasteiger charge is 2.13. The van der Waals surface area contributed by atoms with Gasteiger partial charge < -0.3 is 15.0 Å². The smallest absolute Gasteiger partial charge is 0.234 e. The summed E-state index contributed by atoms with van der Waals surface area (Å²) in [7, 11) is 1.56. The summed E-state index contributed by atoms with van der Waals surface area (Å²) in [4.78, 5) is 27.5. The molecule has 5 nitrogen and oxygen atoms in total. The summed E-state index contributed by atoms with van der Waals surface area (Å²) in [5.74, 6) is 0.900. The van der Waals surface area contributed by atoms with Crippen molar-refractivity contribution in [3.63, 3.8) is 0 Å². The third kappa shape index (κ3) is 4.03. The van der Waals surface area contributed by atoms with Gasteiger partial charge in [-0.15, -0.1) is 11.8 Å². The lowest BCUT2D eigenvalue weighted by Gasteiger charge is -2.09. The number of thioether (sulfide) groups is 1. The van der Waals surface area contributed by atoms with E-state index in [9.17, 15) is 9.59 Å². The zero-order valence-electron chi connectivity index (χ0n) is 13.7. The first-order valence-corrected chi connectivity index (χ1v) is 8.94. The minimum Gasteiger partial charge on any atom is -0.495 e. The number of hydrogen-bond donors (Lipinski definition) is 2. The molecular weight excluding hydrogens is 336 g/mol. The molecule has 0 spiro atoms. The Morgan fingerprint density at radius 3 is 2.68 bits per heavy atom. The zero-order valence-corrected chi connectivity index (χ0v) is 14.6. The van der Waals surface area contributed by atoms with Crippen LogP contribution in [-0.2, 0) is 4.79 Å². The quantitative estimate of drug-likeness (QED) is 0.634. The summed E-state index contributed by atoms with van der Waals surface area (Å²) in [5, 5.41) is 3.71. The molecule has 0 radical (unpaired) electrons. The van der Waals surface area contributed by atoms with Gasteiger partial charge >= 0.3 is 0 Å². The van der Waals surface area contributed by atoms with Gasteiger partial charge in [0.1, 0.15) is 5.75 Å². The lowest BCUT2D eigenvalue weighted by molar-refractivity contribution is -0.113. The second-order valence-corrected chi connectivity index (χ2v) is 6.40. The van der Waals surface area contributed by atoms with E-state index in [1.165, 1.54) is 11.8 Å². The normalized spacial score (nSPS) is 10.6. The van der Waals surface area contributed by atoms with Crippen LogP contribution in [-0.4, -0.2) is 35.3 Å². The summed E-state index contributed by atoms with van der Waals surface area (Å²) < 4.78 is 5.20. The molecule has 0 aliphatic heterocycles. The molecule has 0 aliphatic carbocycles. The zero-order chi connectivity index (χ0) is 17.6. The van der Waals surface area contributed by atoms with Crippen molar-refractivity contribution in [2.24, 2.45) is 0 Å². The number of Topliss-reactive ketones (excluding diaryl/α,β-unsaturated/α-hetero) is 1. The van der Waals surface area contributed by atoms with Gasteiger partial charge in [-0.05, 0) is 18.2 Å². The van der Waals surface area contributed by atoms with Gasteiger partial charge in [0.15, 0.2) is 5.78 Å². The number of benzene rings is 2. The number of carbonyl (C=O) groups is 2. The number of ether oxygens (including phenoxy) is 1. The van der Waals surface area contributed by atoms with Gasteiger partial charge in [-0.25, -0.2) is 0 Å². The number of anilines is 1. The van der Waals surface area contributed by atoms with Crippen LogP contribution in [0.4, 0.5) is 5.69 Å². The van der Waals surface area contributed by atoms with Crippen molar-refractivity contribution >= 4 is 40.0 Å². The first kappa shape index (κ1) is 17.1. The Bertz CT molecular complexity index is 904. The first-order chi connectivity index (χ1) is 12.2. The van der Waals surface area contributed by atoms with E-state index in [1.54, 1.807) is 25.4 Å². The standard InChI is InChI=1S/C19H18N2O3S/c1-24-18-9-5-4-8-16(18)21-19(23)12-25-11-17(22)14-10-20-15-7-3-2-6-13(14)15/h2-10,20H,11-12H2,1H3,(H,21,23). The monoisotopic (exact) mass is 354 g/mol. The van der Waals surface area contributed by atoms with Crippen molar-refractivity contribution in [1.82, 2.24) is 4.98 Å². The largest absolute Gasteiger partial charge is 0.495 e. The number of aromatic nitrogens is 1. The Morgan fingerprint density at radius 2 is 1.84 bits per heavy atom. The number of H-pyrrole nitrogens is 1. The summed E-state index contributed by atoms with van der Waals surface area (Å²) in [6, 6.07) is 14.9. The van der Waals surface area contributed by atoms with Gasteiger partial charge in [-0.1, -0.05) is 30.3 Å². The first-order valence-electron chi connectivity index (χ1n) is 7.79. The lowest BCUT2D eigenvalue weighted by atomic mass is 10.1. The molecule has 0 saturated heterocycles. The number of rotatable bonds is 7. The van der Waals surface area contributed by atoms with E-state index >= 15 is 0 Å². The van der Waals surface area contributed by atoms with Crippen LogP contribution < -0.4 is 10.1 Å². The Kier molecular flexibility index (Phi) is 5.40. The van der Waals surface area contributed by atoms with Crippen molar-refractivity contribution in [1.29, 1.82) is 0 Å². The molecule has 0 fully saturated rings. The van der Waals surface area contributed by atoms with Crippen molar-refractivity contribution in [3.8, 4) is 5.75 Å². The third-order valence-electron chi connectivity index (χ3n) is 3.74. The van der Waals surface area contributed by atoms with E-state index in [4.69, 9.17) is 4.74 Å². The Morgan fingerprint density at radius 1 is 1.08 bits per heavy atom. The fourth-order valence-electron chi connectivity index (χ4n) is 2.55. The molecule has 1 aromatic heterocycles. The fraction of sp³-hybridized carbons (Fsp3) is 0.158. The topological polar surface area (TPSA) is 71.2 Å². The molecule has 0 aliphatic rings. The predicted molar refractivity (Wildman–Crippen MR) is 102 cm³/mol. The highest BCUT2D eigenvalue weighted by molar-refractivity contribution is 8.00. The Labute approximate surface area is 149 Å². The SMILES string of the molecule is COc1ccccc1NC(=O)CSCC(=O)c1c[nH]c2ccccc12. The molecule has 1 heterocycles. The van der Waals surface area contributed by atoms with Crippen molar-refractivity contribution in [3.05, 3.63) is 60.3 Å². The molecule has 2 aromatic carbocycles. The van der Waals surface area contributed by atoms with Gasteiger partial charge in [0.2, 0.25) is 5.91 Å². The Hall–Kier alpha value is -2.73. The van der Waals surface area contributed by atoms with E-state index < -0.39 is 0 Å². The van der Waals surface area contributed by atoms with Crippen molar-refractivity contribution < 1.29 is 14.3 Å². The number of aromatic amines is 1. The maximum atomic E-state index is 12.4. The van der Waals surface area contributed by atoms with Crippen LogP contribution in [0.1, 0.15) is 10.4 Å². The number of hydrogen-bond acceptors (Lipinski definition) is 4. The van der Waals surface area contributed by atoms with E-state index in [-0.39, 0.29) is 23.2 Å². The molecule has 0 bridgehead atoms. The number of ketones is 1. The van der Waals surface area contributed by atoms with Crippen LogP contribution in [0.25, 0.3) is 10.9 Å². The van der Waals surface area contributed by atoms with Gasteiger partial charge in [-0.2, -0.15) is 0 Å². The number of nitrogens with one attached hydrogen (secondary N) is 2. The van der Waals surface area contributed by atoms with E-state index in [0.717, 1.165) is 10.9 Å². The fourth-order valence-corrected chi connectivity index (χ4v) is 3.25. The second kappa shape index (κ2) is 7.90. The van der Waals surface area contributed by atoms with Gasteiger partial charge in [0.05, 0.1) is 24.3 Å². The van der Waals surface area contributed by atoms with Crippen LogP contribution in [0.5, 0.6) is 5.75 Å². The lowest BCUT2D eigenvalue weighted by Crippen LogP contribution is -2.16. The molecule has 0 saturated carbocycles. The van der Waals surface area contributed by atoms with Crippen LogP contribution >= 0.6 is 11.8 Å². The van der Waals surface area contributed by atoms with Crippen LogP contribution in [0, 0.1) is 0 Å². The highest BCUT2D eigenvalue weighted by atomic mass is 32.2. The van der Waals surface area contributed by atoms with Crippen LogP contribution in [0.3, 0.4) is 0 Å². The maximum absolute atomic E-state index is 12.4. The molecule has 25 heavy (non-hydrogen) atoms. The van der Waals surface area contributed by atoms with Gasteiger partial charge in [0.25, 0.3) is 0 Å². The second-order valence-electron chi connectivity index (χ2n) is 5.41. The molecule has 0 unspecified atom stereocenters. The minimum absolute atomic E-state index is 0.00698. The molecule has 3 rings (SSSR count). The van der Waals surface area contributed by atoms with Crippen LogP contribution in [0.15, 0.2) is 54.7 Å². The molecule has 2 N–H and O–H groups in total. The number of carbonyl (C=O) groups excluding carboxylic acids is 2. The molecule has 3 aromatic rings. The average Bonchev–Trinajstić information content (AvgIpc) is 3.06. The van der Waals surface area contributed by atoms with Gasteiger partial charge in [-0.3, -0.25) is 9.59 Å². The maximum Gasteiger partial charge on any atom is 0.234 e. The van der Waals surface area contributed by atoms with E-state index in [0.29, 0.717) is 17.0 Å². The van der Waals surface area contributed by atoms with Gasteiger partial charge in [0, 0.05) is 22.7 Å². The van der Waals surface area contributed by atoms with Crippen LogP contribution in [0.2, 0.25) is 0 Å². The Balaban J connectivity index is 1.54. The predicted octanol–water partition coefficient (Wildman–Crippen LogP) is 3.73. The summed E-state index contributed by atoms with van der Waals surface area (Å²) in [5.41, 5.74) is 2.22. The molecule has 0 atom stereocenters. The van der Waals surface area contributed by atoms with Crippen molar-refractivity contribution in [2.45, 2.75) is 0 Å². The number of para-hydroxylation sites is 3. The number of amides is 1. The molecule has 128 valence electrons. The molecule has 1 amide bonds. The highest BCUT2D eigenvalue weighted by Crippen LogP contribution is 2.23. The summed E-state index contributed by atoms with van der Waals surface area (Å²) in [6.45, 7) is 0. The number of fused-ring (bicyclic) bond motifs is 1. The molecular formula is C19H18N2O3S. The minimum atomic E-state index is -0.166.